The highest BCUT2D eigenvalue weighted by molar-refractivity contribution is 5.58. The van der Waals surface area contributed by atoms with Gasteiger partial charge in [0.2, 0.25) is 0 Å². The zero-order chi connectivity index (χ0) is 11.4. The third-order valence-corrected chi connectivity index (χ3v) is 2.65. The molecule has 0 saturated heterocycles. The van der Waals surface area contributed by atoms with Gasteiger partial charge < -0.3 is 15.2 Å². The van der Waals surface area contributed by atoms with Gasteiger partial charge in [-0.15, -0.1) is 0 Å². The normalized spacial score (nSPS) is 15.0. The highest BCUT2D eigenvalue weighted by Crippen LogP contribution is 2.31. The first kappa shape index (κ1) is 11.0. The molecule has 0 aliphatic carbocycles. The van der Waals surface area contributed by atoms with E-state index in [9.17, 15) is 0 Å². The summed E-state index contributed by atoms with van der Waals surface area (Å²) in [7, 11) is 0. The quantitative estimate of drug-likeness (QED) is 0.847. The van der Waals surface area contributed by atoms with Crippen LogP contribution in [-0.4, -0.2) is 19.8 Å². The highest BCUT2D eigenvalue weighted by Gasteiger charge is 2.10. The van der Waals surface area contributed by atoms with Crippen LogP contribution < -0.4 is 15.2 Å². The molecule has 86 valence electrons. The van der Waals surface area contributed by atoms with E-state index in [4.69, 9.17) is 15.2 Å². The first-order valence-corrected chi connectivity index (χ1v) is 5.62. The Labute approximate surface area is 95.9 Å². The summed E-state index contributed by atoms with van der Waals surface area (Å²) in [6.07, 6.45) is 3.09. The third kappa shape index (κ3) is 2.36. The number of hydrogen-bond acceptors (Lipinski definition) is 3. The molecule has 2 N–H and O–H groups in total. The van der Waals surface area contributed by atoms with Crippen molar-refractivity contribution in [1.29, 1.82) is 0 Å². The number of hydrogen-bond donors (Lipinski definition) is 1. The van der Waals surface area contributed by atoms with Crippen LogP contribution in [0.5, 0.6) is 11.5 Å². The van der Waals surface area contributed by atoms with Crippen molar-refractivity contribution in [2.45, 2.75) is 13.3 Å². The van der Waals surface area contributed by atoms with Crippen molar-refractivity contribution in [3.8, 4) is 11.5 Å². The number of rotatable bonds is 3. The van der Waals surface area contributed by atoms with Gasteiger partial charge in [0.25, 0.3) is 0 Å². The molecule has 16 heavy (non-hydrogen) atoms. The third-order valence-electron chi connectivity index (χ3n) is 2.65. The maximum absolute atomic E-state index is 5.64. The molecule has 2 rings (SSSR count). The minimum absolute atomic E-state index is 0.602. The monoisotopic (exact) mass is 219 g/mol. The lowest BCUT2D eigenvalue weighted by Crippen LogP contribution is -2.15. The van der Waals surface area contributed by atoms with Gasteiger partial charge in [-0.2, -0.15) is 0 Å². The zero-order valence-electron chi connectivity index (χ0n) is 9.53. The molecular weight excluding hydrogens is 202 g/mol. The number of benzene rings is 1. The standard InChI is InChI=1S/C13H17NO2/c1-2-10(9-14)7-11-3-4-12-13(8-11)16-6-5-15-12/h3-4,7-8H,2,5-6,9,14H2,1H3. The van der Waals surface area contributed by atoms with Crippen LogP contribution in [-0.2, 0) is 0 Å². The maximum atomic E-state index is 5.64. The van der Waals surface area contributed by atoms with Gasteiger partial charge in [-0.1, -0.05) is 24.6 Å². The second kappa shape index (κ2) is 5.03. The van der Waals surface area contributed by atoms with Gasteiger partial charge in [-0.05, 0) is 24.1 Å². The van der Waals surface area contributed by atoms with Gasteiger partial charge in [0, 0.05) is 6.54 Å². The number of fused-ring (bicyclic) bond motifs is 1. The van der Waals surface area contributed by atoms with E-state index in [1.165, 1.54) is 5.57 Å². The molecule has 3 heteroatoms. The molecule has 0 amide bonds. The lowest BCUT2D eigenvalue weighted by Gasteiger charge is -2.18. The van der Waals surface area contributed by atoms with Crippen LogP contribution in [0.1, 0.15) is 18.9 Å². The second-order valence-corrected chi connectivity index (χ2v) is 3.76. The van der Waals surface area contributed by atoms with Crippen LogP contribution in [0.3, 0.4) is 0 Å². The second-order valence-electron chi connectivity index (χ2n) is 3.76. The molecule has 0 spiro atoms. The lowest BCUT2D eigenvalue weighted by molar-refractivity contribution is 0.171. The highest BCUT2D eigenvalue weighted by atomic mass is 16.6. The summed E-state index contributed by atoms with van der Waals surface area (Å²) in [5.74, 6) is 1.65. The van der Waals surface area contributed by atoms with Crippen molar-refractivity contribution >= 4 is 6.08 Å². The molecule has 0 saturated carbocycles. The SMILES string of the molecule is CCC(=Cc1ccc2c(c1)OCCO2)CN. The molecule has 1 aliphatic rings. The Kier molecular flexibility index (Phi) is 3.47. The fraction of sp³-hybridized carbons (Fsp3) is 0.385. The van der Waals surface area contributed by atoms with E-state index in [-0.39, 0.29) is 0 Å². The van der Waals surface area contributed by atoms with E-state index < -0.39 is 0 Å². The summed E-state index contributed by atoms with van der Waals surface area (Å²) in [6, 6.07) is 5.97. The number of ether oxygens (including phenoxy) is 2. The van der Waals surface area contributed by atoms with E-state index in [2.05, 4.69) is 13.0 Å². The van der Waals surface area contributed by atoms with E-state index in [1.807, 2.05) is 18.2 Å². The van der Waals surface area contributed by atoms with Crippen LogP contribution in [0.25, 0.3) is 6.08 Å². The van der Waals surface area contributed by atoms with Gasteiger partial charge in [0.15, 0.2) is 11.5 Å². The summed E-state index contributed by atoms with van der Waals surface area (Å²) in [4.78, 5) is 0. The van der Waals surface area contributed by atoms with Crippen molar-refractivity contribution in [2.75, 3.05) is 19.8 Å². The molecule has 0 unspecified atom stereocenters. The molecule has 0 fully saturated rings. The fourth-order valence-corrected chi connectivity index (χ4v) is 1.69. The summed E-state index contributed by atoms with van der Waals surface area (Å²) < 4.78 is 11.0. The van der Waals surface area contributed by atoms with Crippen LogP contribution in [0, 0.1) is 0 Å². The Morgan fingerprint density at radius 2 is 2.06 bits per heavy atom. The Bertz CT molecular complexity index is 393. The zero-order valence-corrected chi connectivity index (χ0v) is 9.53. The Morgan fingerprint density at radius 1 is 1.31 bits per heavy atom. The fourth-order valence-electron chi connectivity index (χ4n) is 1.69. The minimum atomic E-state index is 0.602. The molecule has 0 bridgehead atoms. The van der Waals surface area contributed by atoms with Gasteiger partial charge in [-0.3, -0.25) is 0 Å². The topological polar surface area (TPSA) is 44.5 Å². The average molecular weight is 219 g/mol. The van der Waals surface area contributed by atoms with Gasteiger partial charge >= 0.3 is 0 Å². The van der Waals surface area contributed by atoms with Crippen molar-refractivity contribution in [3.05, 3.63) is 29.3 Å². The predicted molar refractivity (Wildman–Crippen MR) is 64.8 cm³/mol. The Hall–Kier alpha value is -1.48. The summed E-state index contributed by atoms with van der Waals surface area (Å²) in [6.45, 7) is 3.96. The van der Waals surface area contributed by atoms with E-state index in [0.29, 0.717) is 19.8 Å². The van der Waals surface area contributed by atoms with Crippen LogP contribution in [0.2, 0.25) is 0 Å². The lowest BCUT2D eigenvalue weighted by atomic mass is 10.1. The maximum Gasteiger partial charge on any atom is 0.161 e. The van der Waals surface area contributed by atoms with Crippen LogP contribution in [0.15, 0.2) is 23.8 Å². The van der Waals surface area contributed by atoms with Crippen LogP contribution in [0.4, 0.5) is 0 Å². The first-order chi connectivity index (χ1) is 7.83. The minimum Gasteiger partial charge on any atom is -0.486 e. The molecule has 1 aromatic rings. The van der Waals surface area contributed by atoms with E-state index in [0.717, 1.165) is 23.5 Å². The molecule has 0 aromatic heterocycles. The average Bonchev–Trinajstić information content (AvgIpc) is 2.35. The largest absolute Gasteiger partial charge is 0.486 e. The first-order valence-electron chi connectivity index (χ1n) is 5.62. The van der Waals surface area contributed by atoms with Crippen LogP contribution >= 0.6 is 0 Å². The van der Waals surface area contributed by atoms with Crippen molar-refractivity contribution < 1.29 is 9.47 Å². The van der Waals surface area contributed by atoms with E-state index in [1.54, 1.807) is 0 Å². The van der Waals surface area contributed by atoms with Crippen molar-refractivity contribution in [2.24, 2.45) is 5.73 Å². The Morgan fingerprint density at radius 3 is 2.75 bits per heavy atom. The predicted octanol–water partition coefficient (Wildman–Crippen LogP) is 2.21. The summed E-state index contributed by atoms with van der Waals surface area (Å²) >= 11 is 0. The molecular formula is C13H17NO2. The molecule has 1 heterocycles. The van der Waals surface area contributed by atoms with E-state index >= 15 is 0 Å². The van der Waals surface area contributed by atoms with Gasteiger partial charge in [-0.25, -0.2) is 0 Å². The molecule has 0 atom stereocenters. The van der Waals surface area contributed by atoms with Gasteiger partial charge in [0.1, 0.15) is 13.2 Å². The smallest absolute Gasteiger partial charge is 0.161 e. The molecule has 3 nitrogen and oxygen atoms in total. The molecule has 1 aliphatic heterocycles. The Balaban J connectivity index is 2.26. The van der Waals surface area contributed by atoms with Crippen molar-refractivity contribution in [3.63, 3.8) is 0 Å². The molecule has 1 aromatic carbocycles. The molecule has 0 radical (unpaired) electrons. The summed E-state index contributed by atoms with van der Waals surface area (Å²) in [5.41, 5.74) is 7.99. The number of nitrogens with two attached hydrogens (primary N) is 1. The summed E-state index contributed by atoms with van der Waals surface area (Å²) in [5, 5.41) is 0. The van der Waals surface area contributed by atoms with Gasteiger partial charge in [0.05, 0.1) is 0 Å². The van der Waals surface area contributed by atoms with Crippen molar-refractivity contribution in [1.82, 2.24) is 0 Å².